The average Bonchev–Trinajstić information content (AvgIpc) is 2.96. The number of sulfonamides is 1. The molecule has 9 nitrogen and oxygen atoms in total. The quantitative estimate of drug-likeness (QED) is 0.658. The van der Waals surface area contributed by atoms with E-state index in [9.17, 15) is 13.2 Å². The normalized spacial score (nSPS) is 18.6. The minimum atomic E-state index is -3.73. The van der Waals surface area contributed by atoms with Crippen molar-refractivity contribution < 1.29 is 17.6 Å². The lowest BCUT2D eigenvalue weighted by atomic mass is 10.1. The van der Waals surface area contributed by atoms with E-state index in [-0.39, 0.29) is 17.5 Å². The molecular weight excluding hydrogens is 372 g/mol. The van der Waals surface area contributed by atoms with E-state index in [4.69, 9.17) is 9.15 Å². The van der Waals surface area contributed by atoms with Crippen LogP contribution in [0.5, 0.6) is 5.88 Å². The summed E-state index contributed by atoms with van der Waals surface area (Å²) in [5, 5.41) is 0. The smallest absolute Gasteiger partial charge is 0.419 e. The average molecular weight is 390 g/mol. The van der Waals surface area contributed by atoms with Crippen molar-refractivity contribution in [3.8, 4) is 5.88 Å². The zero-order chi connectivity index (χ0) is 19.0. The molecule has 27 heavy (non-hydrogen) atoms. The molecule has 2 aromatic heterocycles. The van der Waals surface area contributed by atoms with Crippen LogP contribution in [-0.4, -0.2) is 46.5 Å². The van der Waals surface area contributed by atoms with Crippen LogP contribution in [0.15, 0.2) is 50.9 Å². The molecule has 0 N–H and O–H groups in total. The molecular formula is C17H18N4O5S. The number of aromatic nitrogens is 3. The largest absolute Gasteiger partial charge is 0.472 e. The van der Waals surface area contributed by atoms with Crippen LogP contribution in [0.1, 0.15) is 12.8 Å². The SMILES string of the molecule is Cn1c(=O)oc2ccc(S(=O)(=O)N3CCCC(Oc4cnccn4)C3)cc21. The second-order valence-corrected chi connectivity index (χ2v) is 8.28. The number of hydrogen-bond acceptors (Lipinski definition) is 7. The molecule has 1 unspecified atom stereocenters. The molecule has 0 radical (unpaired) electrons. The van der Waals surface area contributed by atoms with Crippen molar-refractivity contribution in [2.45, 2.75) is 23.8 Å². The number of ether oxygens (including phenoxy) is 1. The molecule has 10 heteroatoms. The first kappa shape index (κ1) is 17.7. The van der Waals surface area contributed by atoms with Gasteiger partial charge in [0.15, 0.2) is 5.58 Å². The minimum absolute atomic E-state index is 0.117. The number of hydrogen-bond donors (Lipinski definition) is 0. The van der Waals surface area contributed by atoms with E-state index in [1.54, 1.807) is 6.20 Å². The van der Waals surface area contributed by atoms with Gasteiger partial charge < -0.3 is 9.15 Å². The number of aryl methyl sites for hydroxylation is 1. The number of fused-ring (bicyclic) bond motifs is 1. The Labute approximate surface area is 155 Å². The highest BCUT2D eigenvalue weighted by atomic mass is 32.2. The fraction of sp³-hybridized carbons (Fsp3) is 0.353. The highest BCUT2D eigenvalue weighted by Gasteiger charge is 2.32. The van der Waals surface area contributed by atoms with Crippen LogP contribution in [0.4, 0.5) is 0 Å². The molecule has 4 rings (SSSR count). The molecule has 0 spiro atoms. The molecule has 0 amide bonds. The lowest BCUT2D eigenvalue weighted by Crippen LogP contribution is -2.44. The van der Waals surface area contributed by atoms with Gasteiger partial charge in [-0.1, -0.05) is 0 Å². The Morgan fingerprint density at radius 3 is 2.93 bits per heavy atom. The summed E-state index contributed by atoms with van der Waals surface area (Å²) in [6.45, 7) is 0.631. The summed E-state index contributed by atoms with van der Waals surface area (Å²) in [6, 6.07) is 4.41. The number of rotatable bonds is 4. The van der Waals surface area contributed by atoms with Crippen molar-refractivity contribution in [3.63, 3.8) is 0 Å². The number of oxazole rings is 1. The molecule has 0 aliphatic carbocycles. The predicted octanol–water partition coefficient (Wildman–Crippen LogP) is 1.15. The van der Waals surface area contributed by atoms with Gasteiger partial charge in [-0.15, -0.1) is 0 Å². The summed E-state index contributed by atoms with van der Waals surface area (Å²) < 4.78 is 39.7. The van der Waals surface area contributed by atoms with Crippen molar-refractivity contribution in [2.75, 3.05) is 13.1 Å². The zero-order valence-electron chi connectivity index (χ0n) is 14.6. The third kappa shape index (κ3) is 3.33. The van der Waals surface area contributed by atoms with Crippen molar-refractivity contribution in [1.82, 2.24) is 18.8 Å². The summed E-state index contributed by atoms with van der Waals surface area (Å²) in [7, 11) is -2.19. The molecule has 142 valence electrons. The van der Waals surface area contributed by atoms with Gasteiger partial charge in [0.25, 0.3) is 0 Å². The standard InChI is InChI=1S/C17H18N4O5S/c1-20-14-9-13(4-5-15(14)26-17(20)22)27(23,24)21-8-2-3-12(11-21)25-16-10-18-6-7-19-16/h4-7,9-10,12H,2-3,8,11H2,1H3. The minimum Gasteiger partial charge on any atom is -0.472 e. The first-order valence-corrected chi connectivity index (χ1v) is 9.91. The van der Waals surface area contributed by atoms with Crippen LogP contribution >= 0.6 is 0 Å². The van der Waals surface area contributed by atoms with Crippen LogP contribution < -0.4 is 10.5 Å². The van der Waals surface area contributed by atoms with E-state index in [2.05, 4.69) is 9.97 Å². The first-order chi connectivity index (χ1) is 12.9. The van der Waals surface area contributed by atoms with Crippen molar-refractivity contribution >= 4 is 21.1 Å². The van der Waals surface area contributed by atoms with Gasteiger partial charge in [0.1, 0.15) is 6.10 Å². The summed E-state index contributed by atoms with van der Waals surface area (Å²) in [5.74, 6) is -0.161. The summed E-state index contributed by atoms with van der Waals surface area (Å²) in [4.78, 5) is 19.8. The maximum absolute atomic E-state index is 13.1. The van der Waals surface area contributed by atoms with Gasteiger partial charge in [0.2, 0.25) is 15.9 Å². The molecule has 1 aliphatic rings. The van der Waals surface area contributed by atoms with E-state index in [1.165, 1.54) is 46.5 Å². The molecule has 1 aromatic carbocycles. The fourth-order valence-electron chi connectivity index (χ4n) is 3.15. The molecule has 1 fully saturated rings. The van der Waals surface area contributed by atoms with Crippen molar-refractivity contribution in [2.24, 2.45) is 7.05 Å². The third-order valence-electron chi connectivity index (χ3n) is 4.57. The second kappa shape index (κ2) is 6.78. The summed E-state index contributed by atoms with van der Waals surface area (Å²) >= 11 is 0. The lowest BCUT2D eigenvalue weighted by molar-refractivity contribution is 0.124. The van der Waals surface area contributed by atoms with Crippen LogP contribution in [0.25, 0.3) is 11.1 Å². The van der Waals surface area contributed by atoms with Gasteiger partial charge in [0, 0.05) is 26.0 Å². The van der Waals surface area contributed by atoms with Crippen LogP contribution in [0.3, 0.4) is 0 Å². The number of benzene rings is 1. The van der Waals surface area contributed by atoms with E-state index >= 15 is 0 Å². The van der Waals surface area contributed by atoms with Crippen molar-refractivity contribution in [3.05, 3.63) is 47.3 Å². The Bertz CT molecular complexity index is 1120. The summed E-state index contributed by atoms with van der Waals surface area (Å²) in [5.41, 5.74) is 0.786. The summed E-state index contributed by atoms with van der Waals surface area (Å²) in [6.07, 6.45) is 5.68. The number of piperidine rings is 1. The van der Waals surface area contributed by atoms with Gasteiger partial charge in [0.05, 0.1) is 23.2 Å². The van der Waals surface area contributed by atoms with Gasteiger partial charge in [-0.05, 0) is 31.0 Å². The topological polar surface area (TPSA) is 108 Å². The maximum atomic E-state index is 13.1. The Kier molecular flexibility index (Phi) is 4.44. The van der Waals surface area contributed by atoms with E-state index in [0.29, 0.717) is 29.9 Å². The van der Waals surface area contributed by atoms with Crippen LogP contribution in [-0.2, 0) is 17.1 Å². The first-order valence-electron chi connectivity index (χ1n) is 8.47. The second-order valence-electron chi connectivity index (χ2n) is 6.35. The highest BCUT2D eigenvalue weighted by Crippen LogP contribution is 2.25. The third-order valence-corrected chi connectivity index (χ3v) is 6.43. The Morgan fingerprint density at radius 2 is 2.15 bits per heavy atom. The van der Waals surface area contributed by atoms with Gasteiger partial charge in [-0.2, -0.15) is 4.31 Å². The molecule has 3 heterocycles. The molecule has 1 atom stereocenters. The molecule has 3 aromatic rings. The van der Waals surface area contributed by atoms with Crippen molar-refractivity contribution in [1.29, 1.82) is 0 Å². The zero-order valence-corrected chi connectivity index (χ0v) is 15.4. The fourth-order valence-corrected chi connectivity index (χ4v) is 4.68. The van der Waals surface area contributed by atoms with Gasteiger partial charge in [-0.25, -0.2) is 18.2 Å². The molecule has 1 saturated heterocycles. The lowest BCUT2D eigenvalue weighted by Gasteiger charge is -2.31. The Balaban J connectivity index is 1.59. The number of nitrogens with zero attached hydrogens (tertiary/aromatic N) is 4. The molecule has 0 saturated carbocycles. The van der Waals surface area contributed by atoms with E-state index < -0.39 is 15.8 Å². The van der Waals surface area contributed by atoms with Crippen LogP contribution in [0.2, 0.25) is 0 Å². The van der Waals surface area contributed by atoms with E-state index in [1.807, 2.05) is 0 Å². The molecule has 0 bridgehead atoms. The Hall–Kier alpha value is -2.72. The highest BCUT2D eigenvalue weighted by molar-refractivity contribution is 7.89. The Morgan fingerprint density at radius 1 is 1.30 bits per heavy atom. The monoisotopic (exact) mass is 390 g/mol. The van der Waals surface area contributed by atoms with Gasteiger partial charge >= 0.3 is 5.76 Å². The predicted molar refractivity (Wildman–Crippen MR) is 95.9 cm³/mol. The van der Waals surface area contributed by atoms with Crippen LogP contribution in [0, 0.1) is 0 Å². The molecule has 1 aliphatic heterocycles. The van der Waals surface area contributed by atoms with E-state index in [0.717, 1.165) is 6.42 Å². The van der Waals surface area contributed by atoms with Gasteiger partial charge in [-0.3, -0.25) is 9.55 Å². The maximum Gasteiger partial charge on any atom is 0.419 e.